The zero-order valence-electron chi connectivity index (χ0n) is 14.1. The van der Waals surface area contributed by atoms with Gasteiger partial charge in [0.15, 0.2) is 0 Å². The van der Waals surface area contributed by atoms with Crippen LogP contribution in [-0.2, 0) is 21.4 Å². The monoisotopic (exact) mass is 362 g/mol. The van der Waals surface area contributed by atoms with Crippen molar-refractivity contribution in [3.05, 3.63) is 48.3 Å². The normalized spacial score (nSPS) is 16.1. The van der Waals surface area contributed by atoms with Crippen LogP contribution in [0, 0.1) is 0 Å². The van der Waals surface area contributed by atoms with Crippen molar-refractivity contribution in [3.63, 3.8) is 0 Å². The molecule has 2 heterocycles. The van der Waals surface area contributed by atoms with Crippen molar-refractivity contribution < 1.29 is 13.2 Å². The summed E-state index contributed by atoms with van der Waals surface area (Å²) in [7, 11) is -3.61. The number of amides is 1. The molecule has 0 unspecified atom stereocenters. The molecule has 3 rings (SSSR count). The zero-order valence-corrected chi connectivity index (χ0v) is 14.9. The second kappa shape index (κ2) is 7.37. The number of nitrogens with zero attached hydrogens (tertiary/aromatic N) is 3. The van der Waals surface area contributed by atoms with E-state index < -0.39 is 10.0 Å². The van der Waals surface area contributed by atoms with Crippen LogP contribution in [0.2, 0.25) is 0 Å². The first-order valence-corrected chi connectivity index (χ1v) is 9.76. The lowest BCUT2D eigenvalue weighted by Crippen LogP contribution is -2.45. The van der Waals surface area contributed by atoms with Crippen molar-refractivity contribution in [2.75, 3.05) is 13.1 Å². The van der Waals surface area contributed by atoms with Crippen molar-refractivity contribution in [1.82, 2.24) is 19.4 Å². The number of hydrogen-bond donors (Lipinski definition) is 1. The van der Waals surface area contributed by atoms with Crippen LogP contribution < -0.4 is 4.72 Å². The highest BCUT2D eigenvalue weighted by atomic mass is 32.2. The van der Waals surface area contributed by atoms with Crippen LogP contribution in [0.4, 0.5) is 0 Å². The zero-order chi connectivity index (χ0) is 17.9. The molecule has 134 valence electrons. The summed E-state index contributed by atoms with van der Waals surface area (Å²) in [6.45, 7) is 3.21. The lowest BCUT2D eigenvalue weighted by atomic mass is 10.1. The second-order valence-corrected chi connectivity index (χ2v) is 7.97. The smallest absolute Gasteiger partial charge is 0.243 e. The molecular weight excluding hydrogens is 340 g/mol. The van der Waals surface area contributed by atoms with Gasteiger partial charge in [-0.3, -0.25) is 9.48 Å². The van der Waals surface area contributed by atoms with Gasteiger partial charge in [0, 0.05) is 32.3 Å². The summed E-state index contributed by atoms with van der Waals surface area (Å²) in [5.41, 5.74) is 1.05. The van der Waals surface area contributed by atoms with Gasteiger partial charge in [-0.1, -0.05) is 30.3 Å². The number of benzene rings is 1. The fourth-order valence-electron chi connectivity index (χ4n) is 2.94. The Morgan fingerprint density at radius 1 is 1.24 bits per heavy atom. The molecule has 1 aliphatic rings. The number of aromatic nitrogens is 2. The number of carbonyl (C=O) groups is 1. The van der Waals surface area contributed by atoms with E-state index in [4.69, 9.17) is 0 Å². The molecule has 0 spiro atoms. The number of nitrogens with one attached hydrogen (secondary N) is 1. The number of piperidine rings is 1. The molecule has 0 saturated carbocycles. The van der Waals surface area contributed by atoms with Crippen molar-refractivity contribution in [2.45, 2.75) is 37.2 Å². The van der Waals surface area contributed by atoms with Crippen LogP contribution in [0.3, 0.4) is 0 Å². The van der Waals surface area contributed by atoms with Crippen molar-refractivity contribution in [2.24, 2.45) is 0 Å². The second-order valence-electron chi connectivity index (χ2n) is 6.26. The summed E-state index contributed by atoms with van der Waals surface area (Å²) >= 11 is 0. The van der Waals surface area contributed by atoms with Gasteiger partial charge in [0.1, 0.15) is 4.90 Å². The highest BCUT2D eigenvalue weighted by Crippen LogP contribution is 2.15. The highest BCUT2D eigenvalue weighted by Gasteiger charge is 2.26. The third kappa shape index (κ3) is 4.46. The van der Waals surface area contributed by atoms with Gasteiger partial charge in [-0.2, -0.15) is 5.10 Å². The maximum Gasteiger partial charge on any atom is 0.243 e. The lowest BCUT2D eigenvalue weighted by molar-refractivity contribution is -0.129. The van der Waals surface area contributed by atoms with E-state index in [1.54, 1.807) is 15.8 Å². The minimum atomic E-state index is -3.61. The van der Waals surface area contributed by atoms with Crippen LogP contribution >= 0.6 is 0 Å². The molecule has 0 radical (unpaired) electrons. The van der Waals surface area contributed by atoms with E-state index in [0.717, 1.165) is 5.56 Å². The molecule has 1 aliphatic heterocycles. The van der Waals surface area contributed by atoms with Gasteiger partial charge in [0.25, 0.3) is 0 Å². The van der Waals surface area contributed by atoms with Gasteiger partial charge >= 0.3 is 0 Å². The number of rotatable bonds is 5. The van der Waals surface area contributed by atoms with Gasteiger partial charge in [0.2, 0.25) is 15.9 Å². The quantitative estimate of drug-likeness (QED) is 0.867. The molecular formula is C17H22N4O3S. The summed E-state index contributed by atoms with van der Waals surface area (Å²) in [5, 5.41) is 4.15. The minimum absolute atomic E-state index is 0.0310. The van der Waals surface area contributed by atoms with Crippen LogP contribution in [0.5, 0.6) is 0 Å². The molecule has 8 heteroatoms. The molecule has 1 aromatic heterocycles. The summed E-state index contributed by atoms with van der Waals surface area (Å²) in [6, 6.07) is 9.59. The molecule has 1 fully saturated rings. The van der Waals surface area contributed by atoms with Crippen LogP contribution in [-0.4, -0.2) is 48.1 Å². The first-order chi connectivity index (χ1) is 11.9. The molecule has 0 bridgehead atoms. The number of carbonyl (C=O) groups excluding carboxylic acids is 1. The fourth-order valence-corrected chi connectivity index (χ4v) is 4.20. The molecule has 0 atom stereocenters. The standard InChI is InChI=1S/C17H22N4O3S/c1-14(22)20-9-7-16(8-10-20)19-25(23,24)17-11-18-21(13-17)12-15-5-3-2-4-6-15/h2-6,11,13,16,19H,7-10,12H2,1H3. The van der Waals surface area contributed by atoms with Gasteiger partial charge in [0.05, 0.1) is 12.7 Å². The fraction of sp³-hybridized carbons (Fsp3) is 0.412. The average molecular weight is 362 g/mol. The molecule has 1 saturated heterocycles. The van der Waals surface area contributed by atoms with Crippen LogP contribution in [0.15, 0.2) is 47.6 Å². The topological polar surface area (TPSA) is 84.3 Å². The molecule has 25 heavy (non-hydrogen) atoms. The molecule has 1 N–H and O–H groups in total. The largest absolute Gasteiger partial charge is 0.343 e. The number of sulfonamides is 1. The Kier molecular flexibility index (Phi) is 5.19. The van der Waals surface area contributed by atoms with E-state index >= 15 is 0 Å². The Morgan fingerprint density at radius 2 is 1.92 bits per heavy atom. The average Bonchev–Trinajstić information content (AvgIpc) is 3.05. The maximum atomic E-state index is 12.5. The number of likely N-dealkylation sites (tertiary alicyclic amines) is 1. The maximum absolute atomic E-state index is 12.5. The Bertz CT molecular complexity index is 825. The van der Waals surface area contributed by atoms with Crippen molar-refractivity contribution in [3.8, 4) is 0 Å². The van der Waals surface area contributed by atoms with Gasteiger partial charge in [-0.25, -0.2) is 13.1 Å². The van der Waals surface area contributed by atoms with Crippen LogP contribution in [0.25, 0.3) is 0 Å². The predicted molar refractivity (Wildman–Crippen MR) is 93.4 cm³/mol. The Hall–Kier alpha value is -2.19. The molecule has 0 aliphatic carbocycles. The first-order valence-electron chi connectivity index (χ1n) is 8.28. The van der Waals surface area contributed by atoms with Crippen molar-refractivity contribution >= 4 is 15.9 Å². The summed E-state index contributed by atoms with van der Waals surface area (Å²) < 4.78 is 29.4. The molecule has 1 aromatic carbocycles. The van der Waals surface area contributed by atoms with E-state index in [9.17, 15) is 13.2 Å². The van der Waals surface area contributed by atoms with E-state index in [2.05, 4.69) is 9.82 Å². The van der Waals surface area contributed by atoms with Gasteiger partial charge in [-0.15, -0.1) is 0 Å². The summed E-state index contributed by atoms with van der Waals surface area (Å²) in [6.07, 6.45) is 4.16. The van der Waals surface area contributed by atoms with E-state index in [-0.39, 0.29) is 16.8 Å². The van der Waals surface area contributed by atoms with E-state index in [1.807, 2.05) is 30.3 Å². The summed E-state index contributed by atoms with van der Waals surface area (Å²) in [5.74, 6) is 0.0310. The van der Waals surface area contributed by atoms with E-state index in [1.165, 1.54) is 13.1 Å². The first kappa shape index (κ1) is 17.6. The SMILES string of the molecule is CC(=O)N1CCC(NS(=O)(=O)c2cnn(Cc3ccccc3)c2)CC1. The van der Waals surface area contributed by atoms with Crippen LogP contribution in [0.1, 0.15) is 25.3 Å². The number of hydrogen-bond acceptors (Lipinski definition) is 4. The Morgan fingerprint density at radius 3 is 2.56 bits per heavy atom. The third-order valence-electron chi connectivity index (χ3n) is 4.37. The molecule has 1 amide bonds. The lowest BCUT2D eigenvalue weighted by Gasteiger charge is -2.31. The van der Waals surface area contributed by atoms with Gasteiger partial charge in [-0.05, 0) is 18.4 Å². The third-order valence-corrected chi connectivity index (χ3v) is 5.84. The van der Waals surface area contributed by atoms with Gasteiger partial charge < -0.3 is 4.90 Å². The Labute approximate surface area is 147 Å². The Balaban J connectivity index is 1.62. The van der Waals surface area contributed by atoms with E-state index in [0.29, 0.717) is 32.5 Å². The summed E-state index contributed by atoms with van der Waals surface area (Å²) in [4.78, 5) is 13.2. The van der Waals surface area contributed by atoms with Crippen molar-refractivity contribution in [1.29, 1.82) is 0 Å². The molecule has 2 aromatic rings. The predicted octanol–water partition coefficient (Wildman–Crippen LogP) is 1.22. The molecule has 7 nitrogen and oxygen atoms in total. The minimum Gasteiger partial charge on any atom is -0.343 e. The highest BCUT2D eigenvalue weighted by molar-refractivity contribution is 7.89.